The van der Waals surface area contributed by atoms with E-state index >= 15 is 0 Å². The SMILES string of the molecule is COCC(=O)c1ccc(OC(=O)c2ccccc2)cc1O. The highest BCUT2D eigenvalue weighted by atomic mass is 16.5. The number of Topliss-reactive ketones (excluding diaryl/α,β-unsaturated/α-hetero) is 1. The van der Waals surface area contributed by atoms with Crippen molar-refractivity contribution in [3.63, 3.8) is 0 Å². The highest BCUT2D eigenvalue weighted by molar-refractivity contribution is 5.99. The smallest absolute Gasteiger partial charge is 0.343 e. The van der Waals surface area contributed by atoms with Gasteiger partial charge in [-0.25, -0.2) is 4.79 Å². The van der Waals surface area contributed by atoms with Crippen molar-refractivity contribution >= 4 is 11.8 Å². The van der Waals surface area contributed by atoms with Crippen molar-refractivity contribution in [3.05, 3.63) is 59.7 Å². The minimum Gasteiger partial charge on any atom is -0.507 e. The van der Waals surface area contributed by atoms with Crippen molar-refractivity contribution in [1.29, 1.82) is 0 Å². The molecule has 0 heterocycles. The van der Waals surface area contributed by atoms with E-state index in [0.29, 0.717) is 5.56 Å². The van der Waals surface area contributed by atoms with Gasteiger partial charge in [0.05, 0.1) is 11.1 Å². The van der Waals surface area contributed by atoms with Crippen LogP contribution in [0, 0.1) is 0 Å². The highest BCUT2D eigenvalue weighted by Gasteiger charge is 2.14. The van der Waals surface area contributed by atoms with Crippen LogP contribution in [0.25, 0.3) is 0 Å². The first-order chi connectivity index (χ1) is 10.1. The Balaban J connectivity index is 2.14. The molecule has 21 heavy (non-hydrogen) atoms. The number of phenols is 1. The third kappa shape index (κ3) is 3.67. The Labute approximate surface area is 121 Å². The fourth-order valence-corrected chi connectivity index (χ4v) is 1.76. The van der Waals surface area contributed by atoms with Crippen molar-refractivity contribution in [3.8, 4) is 11.5 Å². The van der Waals surface area contributed by atoms with Gasteiger partial charge < -0.3 is 14.6 Å². The van der Waals surface area contributed by atoms with Gasteiger partial charge in [-0.1, -0.05) is 18.2 Å². The van der Waals surface area contributed by atoms with Gasteiger partial charge in [-0.15, -0.1) is 0 Å². The average Bonchev–Trinajstić information content (AvgIpc) is 2.48. The van der Waals surface area contributed by atoms with Gasteiger partial charge in [0, 0.05) is 13.2 Å². The monoisotopic (exact) mass is 286 g/mol. The second-order valence-electron chi connectivity index (χ2n) is 4.29. The molecule has 2 aromatic rings. The van der Waals surface area contributed by atoms with Gasteiger partial charge in [-0.2, -0.15) is 0 Å². The van der Waals surface area contributed by atoms with Crippen molar-refractivity contribution in [2.75, 3.05) is 13.7 Å². The minimum atomic E-state index is -0.536. The number of ketones is 1. The van der Waals surface area contributed by atoms with Crippen LogP contribution >= 0.6 is 0 Å². The number of rotatable bonds is 5. The van der Waals surface area contributed by atoms with E-state index in [-0.39, 0.29) is 29.5 Å². The molecule has 0 aliphatic heterocycles. The molecule has 0 spiro atoms. The molecule has 0 bridgehead atoms. The number of aromatic hydroxyl groups is 1. The Bertz CT molecular complexity index is 649. The lowest BCUT2D eigenvalue weighted by molar-refractivity contribution is 0.0734. The maximum absolute atomic E-state index is 11.9. The van der Waals surface area contributed by atoms with Gasteiger partial charge >= 0.3 is 5.97 Å². The molecular formula is C16H14O5. The molecule has 0 aliphatic carbocycles. The molecule has 1 N–H and O–H groups in total. The number of esters is 1. The third-order valence-corrected chi connectivity index (χ3v) is 2.77. The average molecular weight is 286 g/mol. The zero-order valence-corrected chi connectivity index (χ0v) is 11.4. The Morgan fingerprint density at radius 3 is 2.43 bits per heavy atom. The van der Waals surface area contributed by atoms with Crippen LogP contribution in [0.3, 0.4) is 0 Å². The predicted molar refractivity (Wildman–Crippen MR) is 75.7 cm³/mol. The van der Waals surface area contributed by atoms with E-state index in [4.69, 9.17) is 9.47 Å². The van der Waals surface area contributed by atoms with E-state index in [1.165, 1.54) is 25.3 Å². The highest BCUT2D eigenvalue weighted by Crippen LogP contribution is 2.24. The van der Waals surface area contributed by atoms with Crippen LogP contribution in [0.4, 0.5) is 0 Å². The van der Waals surface area contributed by atoms with Gasteiger partial charge in [0.2, 0.25) is 0 Å². The first-order valence-corrected chi connectivity index (χ1v) is 6.24. The number of hydrogen-bond donors (Lipinski definition) is 1. The molecule has 0 radical (unpaired) electrons. The molecule has 0 aromatic heterocycles. The minimum absolute atomic E-state index is 0.122. The Morgan fingerprint density at radius 2 is 1.81 bits per heavy atom. The molecule has 2 rings (SSSR count). The van der Waals surface area contributed by atoms with Gasteiger partial charge in [0.15, 0.2) is 5.78 Å². The molecule has 0 amide bonds. The Morgan fingerprint density at radius 1 is 1.10 bits per heavy atom. The zero-order valence-electron chi connectivity index (χ0n) is 11.4. The van der Waals surface area contributed by atoms with Crippen LogP contribution < -0.4 is 4.74 Å². The standard InChI is InChI=1S/C16H14O5/c1-20-10-15(18)13-8-7-12(9-14(13)17)21-16(19)11-5-3-2-4-6-11/h2-9,17H,10H2,1H3. The zero-order chi connectivity index (χ0) is 15.2. The molecule has 0 unspecified atom stereocenters. The normalized spacial score (nSPS) is 10.1. The summed E-state index contributed by atoms with van der Waals surface area (Å²) >= 11 is 0. The lowest BCUT2D eigenvalue weighted by Crippen LogP contribution is -2.09. The number of carbonyl (C=O) groups excluding carboxylic acids is 2. The summed E-state index contributed by atoms with van der Waals surface area (Å²) in [7, 11) is 1.39. The van der Waals surface area contributed by atoms with Gasteiger partial charge in [0.25, 0.3) is 0 Å². The summed E-state index contributed by atoms with van der Waals surface area (Å²) in [5.74, 6) is -0.979. The summed E-state index contributed by atoms with van der Waals surface area (Å²) in [6, 6.07) is 12.6. The molecule has 2 aromatic carbocycles. The van der Waals surface area contributed by atoms with Crippen molar-refractivity contribution < 1.29 is 24.2 Å². The summed E-state index contributed by atoms with van der Waals surface area (Å²) in [5.41, 5.74) is 0.521. The van der Waals surface area contributed by atoms with Crippen LogP contribution in [0.5, 0.6) is 11.5 Å². The quantitative estimate of drug-likeness (QED) is 0.519. The van der Waals surface area contributed by atoms with E-state index in [0.717, 1.165) is 0 Å². The van der Waals surface area contributed by atoms with Crippen LogP contribution in [-0.2, 0) is 4.74 Å². The number of phenolic OH excluding ortho intramolecular Hbond substituents is 1. The maximum Gasteiger partial charge on any atom is 0.343 e. The third-order valence-electron chi connectivity index (χ3n) is 2.77. The Kier molecular flexibility index (Phi) is 4.68. The predicted octanol–water partition coefficient (Wildman–Crippen LogP) is 2.44. The molecule has 5 heteroatoms. The molecule has 0 saturated heterocycles. The van der Waals surface area contributed by atoms with Crippen molar-refractivity contribution in [2.45, 2.75) is 0 Å². The van der Waals surface area contributed by atoms with E-state index in [2.05, 4.69) is 0 Å². The molecule has 5 nitrogen and oxygen atoms in total. The summed E-state index contributed by atoms with van der Waals surface area (Å²) in [6.07, 6.45) is 0. The van der Waals surface area contributed by atoms with Crippen LogP contribution in [-0.4, -0.2) is 30.6 Å². The van der Waals surface area contributed by atoms with Crippen molar-refractivity contribution in [2.24, 2.45) is 0 Å². The first kappa shape index (κ1) is 14.7. The maximum atomic E-state index is 11.9. The second-order valence-corrected chi connectivity index (χ2v) is 4.29. The van der Waals surface area contributed by atoms with E-state index < -0.39 is 5.97 Å². The van der Waals surface area contributed by atoms with Crippen LogP contribution in [0.15, 0.2) is 48.5 Å². The summed E-state index contributed by atoms with van der Waals surface area (Å²) in [5, 5.41) is 9.80. The fraction of sp³-hybridized carbons (Fsp3) is 0.125. The molecule has 0 aliphatic rings. The number of benzene rings is 2. The lowest BCUT2D eigenvalue weighted by Gasteiger charge is -2.07. The van der Waals surface area contributed by atoms with Crippen LogP contribution in [0.2, 0.25) is 0 Å². The van der Waals surface area contributed by atoms with Gasteiger partial charge in [-0.3, -0.25) is 4.79 Å². The summed E-state index contributed by atoms with van der Waals surface area (Å²) in [4.78, 5) is 23.5. The van der Waals surface area contributed by atoms with E-state index in [1.807, 2.05) is 0 Å². The van der Waals surface area contributed by atoms with Crippen LogP contribution in [0.1, 0.15) is 20.7 Å². The number of hydrogen-bond acceptors (Lipinski definition) is 5. The van der Waals surface area contributed by atoms with Gasteiger partial charge in [0.1, 0.15) is 18.1 Å². The van der Waals surface area contributed by atoms with E-state index in [1.54, 1.807) is 30.3 Å². The largest absolute Gasteiger partial charge is 0.507 e. The number of carbonyl (C=O) groups is 2. The Hall–Kier alpha value is -2.66. The molecule has 108 valence electrons. The number of methoxy groups -OCH3 is 1. The fourth-order valence-electron chi connectivity index (χ4n) is 1.76. The first-order valence-electron chi connectivity index (χ1n) is 6.24. The lowest BCUT2D eigenvalue weighted by atomic mass is 10.1. The molecule has 0 saturated carbocycles. The van der Waals surface area contributed by atoms with E-state index in [9.17, 15) is 14.7 Å². The molecule has 0 fully saturated rings. The summed E-state index contributed by atoms with van der Waals surface area (Å²) in [6.45, 7) is -0.128. The second kappa shape index (κ2) is 6.67. The number of ether oxygens (including phenoxy) is 2. The molecule has 0 atom stereocenters. The van der Waals surface area contributed by atoms with Crippen molar-refractivity contribution in [1.82, 2.24) is 0 Å². The summed E-state index contributed by atoms with van der Waals surface area (Å²) < 4.78 is 9.85. The topological polar surface area (TPSA) is 72.8 Å². The van der Waals surface area contributed by atoms with Gasteiger partial charge in [-0.05, 0) is 24.3 Å². The molecular weight excluding hydrogens is 272 g/mol.